The smallest absolute Gasteiger partial charge is 0.333 e. The summed E-state index contributed by atoms with van der Waals surface area (Å²) in [6.45, 7) is 0. The molecule has 1 unspecified atom stereocenters. The Morgan fingerprint density at radius 3 is 2.69 bits per heavy atom. The topological polar surface area (TPSA) is 64.3 Å². The van der Waals surface area contributed by atoms with E-state index in [0.29, 0.717) is 5.15 Å². The maximum absolute atomic E-state index is 11.1. The first-order chi connectivity index (χ1) is 7.53. The summed E-state index contributed by atoms with van der Waals surface area (Å²) in [4.78, 5) is 15.1. The standard InChI is InChI=1S/C10H13ClN2O3/c1-13-5-12-8(11)6(13)10(3-4-10)7(16-2)9(14)15/h5,7H,3-4H2,1-2H3,(H,14,15). The number of methoxy groups -OCH3 is 1. The lowest BCUT2D eigenvalue weighted by molar-refractivity contribution is -0.150. The first kappa shape index (κ1) is 11.4. The van der Waals surface area contributed by atoms with E-state index in [4.69, 9.17) is 21.4 Å². The van der Waals surface area contributed by atoms with Gasteiger partial charge in [0.05, 0.1) is 17.4 Å². The number of halogens is 1. The van der Waals surface area contributed by atoms with Crippen LogP contribution in [0.2, 0.25) is 5.15 Å². The quantitative estimate of drug-likeness (QED) is 0.865. The van der Waals surface area contributed by atoms with Crippen molar-refractivity contribution < 1.29 is 14.6 Å². The van der Waals surface area contributed by atoms with Crippen molar-refractivity contribution >= 4 is 17.6 Å². The van der Waals surface area contributed by atoms with Crippen LogP contribution in [0.25, 0.3) is 0 Å². The van der Waals surface area contributed by atoms with Crippen molar-refractivity contribution in [2.45, 2.75) is 24.4 Å². The fourth-order valence-corrected chi connectivity index (χ4v) is 2.64. The van der Waals surface area contributed by atoms with Gasteiger partial charge in [-0.3, -0.25) is 0 Å². The molecule has 1 aromatic rings. The average molecular weight is 245 g/mol. The molecule has 1 atom stereocenters. The fraction of sp³-hybridized carbons (Fsp3) is 0.600. The number of rotatable bonds is 4. The van der Waals surface area contributed by atoms with Crippen LogP contribution in [0.5, 0.6) is 0 Å². The van der Waals surface area contributed by atoms with Gasteiger partial charge in [0.2, 0.25) is 0 Å². The summed E-state index contributed by atoms with van der Waals surface area (Å²) in [5.41, 5.74) is 0.242. The van der Waals surface area contributed by atoms with E-state index in [-0.39, 0.29) is 0 Å². The summed E-state index contributed by atoms with van der Waals surface area (Å²) in [7, 11) is 3.21. The Kier molecular flexibility index (Phi) is 2.67. The number of aryl methyl sites for hydroxylation is 1. The SMILES string of the molecule is COC(C(=O)O)C1(c2c(Cl)ncn2C)CC1. The highest BCUT2D eigenvalue weighted by atomic mass is 35.5. The van der Waals surface area contributed by atoms with Crippen molar-refractivity contribution in [2.24, 2.45) is 7.05 Å². The third kappa shape index (κ3) is 1.51. The highest BCUT2D eigenvalue weighted by molar-refractivity contribution is 6.30. The largest absolute Gasteiger partial charge is 0.479 e. The molecule has 0 saturated heterocycles. The molecule has 0 spiro atoms. The number of carboxylic acid groups (broad SMARTS) is 1. The zero-order chi connectivity index (χ0) is 11.9. The highest BCUT2D eigenvalue weighted by Gasteiger charge is 2.57. The minimum Gasteiger partial charge on any atom is -0.479 e. The number of hydrogen-bond acceptors (Lipinski definition) is 3. The van der Waals surface area contributed by atoms with Crippen molar-refractivity contribution in [2.75, 3.05) is 7.11 Å². The molecule has 2 rings (SSSR count). The first-order valence-corrected chi connectivity index (χ1v) is 5.33. The lowest BCUT2D eigenvalue weighted by Gasteiger charge is -2.22. The van der Waals surface area contributed by atoms with Crippen molar-refractivity contribution in [1.29, 1.82) is 0 Å². The first-order valence-electron chi connectivity index (χ1n) is 4.96. The van der Waals surface area contributed by atoms with Crippen LogP contribution >= 0.6 is 11.6 Å². The van der Waals surface area contributed by atoms with E-state index < -0.39 is 17.5 Å². The fourth-order valence-electron chi connectivity index (χ4n) is 2.28. The van der Waals surface area contributed by atoms with E-state index >= 15 is 0 Å². The monoisotopic (exact) mass is 244 g/mol. The molecule has 0 radical (unpaired) electrons. The van der Waals surface area contributed by atoms with Gasteiger partial charge in [0.15, 0.2) is 11.3 Å². The number of carbonyl (C=O) groups is 1. The van der Waals surface area contributed by atoms with Crippen LogP contribution in [0.1, 0.15) is 18.5 Å². The number of imidazole rings is 1. The maximum Gasteiger partial charge on any atom is 0.333 e. The Morgan fingerprint density at radius 2 is 2.38 bits per heavy atom. The van der Waals surface area contributed by atoms with Crippen molar-refractivity contribution in [3.8, 4) is 0 Å². The molecule has 5 nitrogen and oxygen atoms in total. The highest BCUT2D eigenvalue weighted by Crippen LogP contribution is 2.53. The van der Waals surface area contributed by atoms with Gasteiger partial charge in [-0.2, -0.15) is 0 Å². The van der Waals surface area contributed by atoms with Gasteiger partial charge < -0.3 is 14.4 Å². The number of carboxylic acids is 1. The minimum absolute atomic E-state index is 0.364. The van der Waals surface area contributed by atoms with Gasteiger partial charge >= 0.3 is 5.97 Å². The molecule has 1 fully saturated rings. The van der Waals surface area contributed by atoms with Crippen LogP contribution in [0, 0.1) is 0 Å². The molecule has 1 saturated carbocycles. The molecular weight excluding hydrogens is 232 g/mol. The molecule has 88 valence electrons. The van der Waals surface area contributed by atoms with Crippen molar-refractivity contribution in [3.05, 3.63) is 17.2 Å². The van der Waals surface area contributed by atoms with E-state index in [9.17, 15) is 4.79 Å². The molecule has 1 heterocycles. The summed E-state index contributed by atoms with van der Waals surface area (Å²) in [5, 5.41) is 9.50. The summed E-state index contributed by atoms with van der Waals surface area (Å²) < 4.78 is 6.84. The Morgan fingerprint density at radius 1 is 1.75 bits per heavy atom. The molecule has 1 aliphatic rings. The molecular formula is C10H13ClN2O3. The normalized spacial score (nSPS) is 19.4. The molecule has 1 aliphatic carbocycles. The second-order valence-electron chi connectivity index (χ2n) is 4.11. The lowest BCUT2D eigenvalue weighted by Crippen LogP contribution is -2.37. The Bertz CT molecular complexity index is 406. The van der Waals surface area contributed by atoms with E-state index in [1.165, 1.54) is 7.11 Å². The predicted octanol–water partition coefficient (Wildman–Crippen LogP) is 1.20. The van der Waals surface area contributed by atoms with E-state index in [1.54, 1.807) is 10.9 Å². The molecule has 16 heavy (non-hydrogen) atoms. The predicted molar refractivity (Wildman–Crippen MR) is 57.6 cm³/mol. The van der Waals surface area contributed by atoms with Gasteiger partial charge in [-0.05, 0) is 12.8 Å². The number of nitrogens with zero attached hydrogens (tertiary/aromatic N) is 2. The van der Waals surface area contributed by atoms with Crippen molar-refractivity contribution in [1.82, 2.24) is 9.55 Å². The molecule has 6 heteroatoms. The maximum atomic E-state index is 11.1. The second-order valence-corrected chi connectivity index (χ2v) is 4.46. The van der Waals surface area contributed by atoms with Crippen LogP contribution in [-0.4, -0.2) is 33.8 Å². The molecule has 1 aromatic heterocycles. The summed E-state index contributed by atoms with van der Waals surface area (Å²) >= 11 is 5.99. The van der Waals surface area contributed by atoms with E-state index in [1.807, 2.05) is 7.05 Å². The number of aromatic nitrogens is 2. The zero-order valence-electron chi connectivity index (χ0n) is 9.11. The Balaban J connectivity index is 2.43. The third-order valence-electron chi connectivity index (χ3n) is 3.11. The average Bonchev–Trinajstić information content (AvgIpc) is 2.90. The lowest BCUT2D eigenvalue weighted by atomic mass is 9.95. The number of aliphatic carboxylic acids is 1. The summed E-state index contributed by atoms with van der Waals surface area (Å²) in [6, 6.07) is 0. The van der Waals surface area contributed by atoms with Gasteiger partial charge in [0.25, 0.3) is 0 Å². The van der Waals surface area contributed by atoms with Crippen LogP contribution in [0.15, 0.2) is 6.33 Å². The third-order valence-corrected chi connectivity index (χ3v) is 3.39. The summed E-state index contributed by atoms with van der Waals surface area (Å²) in [5.74, 6) is -0.961. The molecule has 0 aliphatic heterocycles. The number of ether oxygens (including phenoxy) is 1. The molecule has 0 aromatic carbocycles. The van der Waals surface area contributed by atoms with Crippen LogP contribution < -0.4 is 0 Å². The van der Waals surface area contributed by atoms with Crippen LogP contribution in [-0.2, 0) is 22.0 Å². The van der Waals surface area contributed by atoms with Gasteiger partial charge in [0, 0.05) is 14.2 Å². The van der Waals surface area contributed by atoms with Gasteiger partial charge in [-0.25, -0.2) is 9.78 Å². The molecule has 0 bridgehead atoms. The van der Waals surface area contributed by atoms with Crippen molar-refractivity contribution in [3.63, 3.8) is 0 Å². The second kappa shape index (κ2) is 3.75. The van der Waals surface area contributed by atoms with E-state index in [0.717, 1.165) is 18.5 Å². The van der Waals surface area contributed by atoms with Gasteiger partial charge in [-0.15, -0.1) is 0 Å². The van der Waals surface area contributed by atoms with Crippen LogP contribution in [0.4, 0.5) is 0 Å². The Labute approximate surface area is 98.0 Å². The van der Waals surface area contributed by atoms with Gasteiger partial charge in [0.1, 0.15) is 0 Å². The van der Waals surface area contributed by atoms with E-state index in [2.05, 4.69) is 4.98 Å². The minimum atomic E-state index is -0.961. The molecule has 1 N–H and O–H groups in total. The summed E-state index contributed by atoms with van der Waals surface area (Å²) in [6.07, 6.45) is 2.25. The van der Waals surface area contributed by atoms with Gasteiger partial charge in [-0.1, -0.05) is 11.6 Å². The Hall–Kier alpha value is -1.07. The number of hydrogen-bond donors (Lipinski definition) is 1. The van der Waals surface area contributed by atoms with Crippen LogP contribution in [0.3, 0.4) is 0 Å². The molecule has 0 amide bonds. The zero-order valence-corrected chi connectivity index (χ0v) is 9.86.